The molecule has 1 aliphatic rings. The summed E-state index contributed by atoms with van der Waals surface area (Å²) in [5, 5.41) is 3.56. The predicted octanol–water partition coefficient (Wildman–Crippen LogP) is 2.52. The van der Waals surface area contributed by atoms with Crippen LogP contribution >= 0.6 is 0 Å². The van der Waals surface area contributed by atoms with Gasteiger partial charge < -0.3 is 15.0 Å². The highest BCUT2D eigenvalue weighted by Crippen LogP contribution is 2.24. The summed E-state index contributed by atoms with van der Waals surface area (Å²) in [7, 11) is 5.81. The summed E-state index contributed by atoms with van der Waals surface area (Å²) in [6, 6.07) is 4.71. The Balaban J connectivity index is 1.86. The van der Waals surface area contributed by atoms with Gasteiger partial charge in [0.25, 0.3) is 0 Å². The highest BCUT2D eigenvalue weighted by atomic mass is 16.5. The third-order valence-electron chi connectivity index (χ3n) is 3.58. The molecule has 18 heavy (non-hydrogen) atoms. The van der Waals surface area contributed by atoms with Gasteiger partial charge in [-0.25, -0.2) is 4.98 Å². The Hall–Kier alpha value is -1.29. The normalized spacial score (nSPS) is 23.7. The van der Waals surface area contributed by atoms with E-state index in [2.05, 4.69) is 16.4 Å². The minimum atomic E-state index is 0.456. The van der Waals surface area contributed by atoms with E-state index in [9.17, 15) is 0 Å². The van der Waals surface area contributed by atoms with Crippen molar-refractivity contribution in [2.24, 2.45) is 0 Å². The van der Waals surface area contributed by atoms with E-state index in [0.29, 0.717) is 12.1 Å². The van der Waals surface area contributed by atoms with Gasteiger partial charge >= 0.3 is 0 Å². The van der Waals surface area contributed by atoms with Crippen LogP contribution < -0.4 is 10.2 Å². The maximum atomic E-state index is 5.39. The van der Waals surface area contributed by atoms with Crippen LogP contribution in [0.3, 0.4) is 0 Å². The number of nitrogens with one attached hydrogen (secondary N) is 1. The fourth-order valence-electron chi connectivity index (χ4n) is 2.41. The molecule has 1 saturated carbocycles. The number of nitrogens with zero attached hydrogens (tertiary/aromatic N) is 2. The zero-order valence-corrected chi connectivity index (χ0v) is 11.5. The van der Waals surface area contributed by atoms with Crippen molar-refractivity contribution in [1.29, 1.82) is 0 Å². The lowest BCUT2D eigenvalue weighted by Gasteiger charge is -2.28. The predicted molar refractivity (Wildman–Crippen MR) is 75.2 cm³/mol. The first-order valence-corrected chi connectivity index (χ1v) is 6.61. The smallest absolute Gasteiger partial charge is 0.128 e. The van der Waals surface area contributed by atoms with E-state index in [0.717, 1.165) is 24.3 Å². The van der Waals surface area contributed by atoms with E-state index in [-0.39, 0.29) is 0 Å². The molecule has 0 atom stereocenters. The first-order valence-electron chi connectivity index (χ1n) is 6.61. The van der Waals surface area contributed by atoms with Crippen molar-refractivity contribution in [2.45, 2.75) is 37.8 Å². The molecule has 1 aromatic rings. The lowest BCUT2D eigenvalue weighted by molar-refractivity contribution is 0.0682. The summed E-state index contributed by atoms with van der Waals surface area (Å²) < 4.78 is 5.39. The first-order chi connectivity index (χ1) is 8.69. The molecule has 0 aromatic carbocycles. The average Bonchev–Trinajstić information content (AvgIpc) is 2.40. The van der Waals surface area contributed by atoms with Crippen LogP contribution in [-0.4, -0.2) is 38.3 Å². The van der Waals surface area contributed by atoms with E-state index in [1.807, 2.05) is 38.4 Å². The summed E-state index contributed by atoms with van der Waals surface area (Å²) in [4.78, 5) is 6.42. The lowest BCUT2D eigenvalue weighted by atomic mass is 9.93. The van der Waals surface area contributed by atoms with Crippen molar-refractivity contribution in [3.05, 3.63) is 18.3 Å². The molecule has 0 spiro atoms. The van der Waals surface area contributed by atoms with Crippen LogP contribution in [0, 0.1) is 0 Å². The van der Waals surface area contributed by atoms with E-state index in [1.54, 1.807) is 0 Å². The highest BCUT2D eigenvalue weighted by Gasteiger charge is 2.20. The Kier molecular flexibility index (Phi) is 4.42. The summed E-state index contributed by atoms with van der Waals surface area (Å²) in [6.07, 6.45) is 7.02. The van der Waals surface area contributed by atoms with Crippen molar-refractivity contribution in [3.8, 4) is 0 Å². The highest BCUT2D eigenvalue weighted by molar-refractivity contribution is 5.48. The van der Waals surface area contributed by atoms with Gasteiger partial charge in [0.15, 0.2) is 0 Å². The third-order valence-corrected chi connectivity index (χ3v) is 3.58. The minimum absolute atomic E-state index is 0.456. The van der Waals surface area contributed by atoms with Crippen molar-refractivity contribution in [2.75, 3.05) is 31.4 Å². The van der Waals surface area contributed by atoms with Gasteiger partial charge in [-0.05, 0) is 37.8 Å². The number of hydrogen-bond donors (Lipinski definition) is 1. The summed E-state index contributed by atoms with van der Waals surface area (Å²) >= 11 is 0. The molecule has 1 aromatic heterocycles. The quantitative estimate of drug-likeness (QED) is 0.889. The summed E-state index contributed by atoms with van der Waals surface area (Å²) in [6.45, 7) is 0. The summed E-state index contributed by atoms with van der Waals surface area (Å²) in [5.74, 6) is 0.989. The molecule has 1 fully saturated rings. The number of aromatic nitrogens is 1. The van der Waals surface area contributed by atoms with Gasteiger partial charge in [-0.2, -0.15) is 0 Å². The van der Waals surface area contributed by atoms with Crippen LogP contribution in [0.1, 0.15) is 25.7 Å². The number of methoxy groups -OCH3 is 1. The molecule has 1 N–H and O–H groups in total. The van der Waals surface area contributed by atoms with Crippen molar-refractivity contribution in [3.63, 3.8) is 0 Å². The molecule has 1 aliphatic carbocycles. The Morgan fingerprint density at radius 1 is 1.22 bits per heavy atom. The number of ether oxygens (including phenoxy) is 1. The molecule has 0 radical (unpaired) electrons. The van der Waals surface area contributed by atoms with Crippen LogP contribution in [0.15, 0.2) is 18.3 Å². The monoisotopic (exact) mass is 249 g/mol. The van der Waals surface area contributed by atoms with Crippen LogP contribution in [0.25, 0.3) is 0 Å². The maximum absolute atomic E-state index is 5.39. The fraction of sp³-hybridized carbons (Fsp3) is 0.643. The van der Waals surface area contributed by atoms with E-state index in [1.165, 1.54) is 12.8 Å². The van der Waals surface area contributed by atoms with Gasteiger partial charge in [-0.1, -0.05) is 0 Å². The molecule has 4 nitrogen and oxygen atoms in total. The van der Waals surface area contributed by atoms with Gasteiger partial charge in [0.05, 0.1) is 18.0 Å². The third kappa shape index (κ3) is 3.35. The fourth-order valence-corrected chi connectivity index (χ4v) is 2.41. The molecule has 0 amide bonds. The molecule has 4 heteroatoms. The zero-order chi connectivity index (χ0) is 13.0. The van der Waals surface area contributed by atoms with Gasteiger partial charge in [0, 0.05) is 27.2 Å². The van der Waals surface area contributed by atoms with Gasteiger partial charge in [0.2, 0.25) is 0 Å². The second-order valence-corrected chi connectivity index (χ2v) is 5.15. The molecule has 2 rings (SSSR count). The minimum Gasteiger partial charge on any atom is -0.381 e. The summed E-state index contributed by atoms with van der Waals surface area (Å²) in [5.41, 5.74) is 1.11. The average molecular weight is 249 g/mol. The topological polar surface area (TPSA) is 37.4 Å². The standard InChI is InChI=1S/C14H23N3O/c1-17(2)14-9-6-12(10-15-14)16-11-4-7-13(18-3)8-5-11/h6,9-11,13,16H,4-5,7-8H2,1-3H3. The molecule has 0 saturated heterocycles. The molecular weight excluding hydrogens is 226 g/mol. The van der Waals surface area contributed by atoms with E-state index < -0.39 is 0 Å². The lowest BCUT2D eigenvalue weighted by Crippen LogP contribution is -2.29. The maximum Gasteiger partial charge on any atom is 0.128 e. The Morgan fingerprint density at radius 3 is 2.44 bits per heavy atom. The van der Waals surface area contributed by atoms with Crippen molar-refractivity contribution < 1.29 is 4.74 Å². The van der Waals surface area contributed by atoms with E-state index in [4.69, 9.17) is 4.74 Å². The van der Waals surface area contributed by atoms with Crippen LogP contribution in [0.2, 0.25) is 0 Å². The molecule has 1 heterocycles. The van der Waals surface area contributed by atoms with Gasteiger partial charge in [-0.15, -0.1) is 0 Å². The Morgan fingerprint density at radius 2 is 1.94 bits per heavy atom. The molecular formula is C14H23N3O. The van der Waals surface area contributed by atoms with Crippen LogP contribution in [0.5, 0.6) is 0 Å². The second kappa shape index (κ2) is 6.05. The number of anilines is 2. The van der Waals surface area contributed by atoms with Crippen molar-refractivity contribution in [1.82, 2.24) is 4.98 Å². The van der Waals surface area contributed by atoms with Gasteiger partial charge in [0.1, 0.15) is 5.82 Å². The van der Waals surface area contributed by atoms with Gasteiger partial charge in [-0.3, -0.25) is 0 Å². The molecule has 0 aliphatic heterocycles. The number of hydrogen-bond acceptors (Lipinski definition) is 4. The molecule has 100 valence electrons. The van der Waals surface area contributed by atoms with Crippen molar-refractivity contribution >= 4 is 11.5 Å². The zero-order valence-electron chi connectivity index (χ0n) is 11.5. The van der Waals surface area contributed by atoms with Crippen LogP contribution in [0.4, 0.5) is 11.5 Å². The molecule has 0 bridgehead atoms. The number of rotatable bonds is 4. The SMILES string of the molecule is COC1CCC(Nc2ccc(N(C)C)nc2)CC1. The van der Waals surface area contributed by atoms with E-state index >= 15 is 0 Å². The first kappa shape index (κ1) is 13.1. The number of pyridine rings is 1. The second-order valence-electron chi connectivity index (χ2n) is 5.15. The van der Waals surface area contributed by atoms with Crippen LogP contribution in [-0.2, 0) is 4.74 Å². The Labute approximate surface area is 109 Å². The largest absolute Gasteiger partial charge is 0.381 e. The Bertz CT molecular complexity index is 356. The molecule has 0 unspecified atom stereocenters.